The molecule has 0 saturated heterocycles. The first kappa shape index (κ1) is 11.5. The average molecular weight is 200 g/mol. The van der Waals surface area contributed by atoms with Crippen molar-refractivity contribution in [3.05, 3.63) is 0 Å². The van der Waals surface area contributed by atoms with Crippen LogP contribution in [0.1, 0.15) is 46.5 Å². The summed E-state index contributed by atoms with van der Waals surface area (Å²) in [4.78, 5) is 10.6. The minimum Gasteiger partial charge on any atom is -0.481 e. The Morgan fingerprint density at radius 1 is 1.43 bits per heavy atom. The van der Waals surface area contributed by atoms with Crippen LogP contribution in [0.4, 0.5) is 0 Å². The number of carboxylic acid groups (broad SMARTS) is 1. The average Bonchev–Trinajstić information content (AvgIpc) is 1.74. The molecule has 0 spiro atoms. The number of carboxylic acids is 1. The molecule has 0 radical (unpaired) electrons. The maximum absolute atomic E-state index is 10.6. The van der Waals surface area contributed by atoms with Crippen LogP contribution in [0.5, 0.6) is 0 Å². The zero-order valence-corrected chi connectivity index (χ0v) is 9.21. The second-order valence-corrected chi connectivity index (χ2v) is 5.65. The Labute approximate surface area is 85.1 Å². The maximum Gasteiger partial charge on any atom is 0.306 e. The summed E-state index contributed by atoms with van der Waals surface area (Å²) in [5.74, 6) is -0.500. The number of aliphatic hydroxyl groups is 1. The Hall–Kier alpha value is -0.570. The van der Waals surface area contributed by atoms with E-state index in [0.29, 0.717) is 18.8 Å². The molecule has 82 valence electrons. The third kappa shape index (κ3) is 2.98. The van der Waals surface area contributed by atoms with Crippen molar-refractivity contribution in [2.24, 2.45) is 11.3 Å². The second kappa shape index (κ2) is 3.54. The molecule has 2 unspecified atom stereocenters. The molecule has 3 heteroatoms. The summed E-state index contributed by atoms with van der Waals surface area (Å²) in [6.45, 7) is 6.26. The minimum atomic E-state index is -0.993. The zero-order chi connectivity index (χ0) is 11.0. The number of rotatable bonds is 2. The maximum atomic E-state index is 10.6. The van der Waals surface area contributed by atoms with Gasteiger partial charge in [-0.2, -0.15) is 0 Å². The molecule has 3 nitrogen and oxygen atoms in total. The van der Waals surface area contributed by atoms with Crippen LogP contribution in [-0.2, 0) is 4.79 Å². The van der Waals surface area contributed by atoms with Gasteiger partial charge in [0.05, 0.1) is 12.0 Å². The van der Waals surface area contributed by atoms with E-state index in [9.17, 15) is 9.90 Å². The van der Waals surface area contributed by atoms with Gasteiger partial charge in [0, 0.05) is 0 Å². The van der Waals surface area contributed by atoms with Crippen molar-refractivity contribution in [3.8, 4) is 0 Å². The molecule has 1 saturated carbocycles. The highest BCUT2D eigenvalue weighted by Crippen LogP contribution is 2.45. The van der Waals surface area contributed by atoms with Gasteiger partial charge in [0.25, 0.3) is 0 Å². The molecule has 14 heavy (non-hydrogen) atoms. The fraction of sp³-hybridized carbons (Fsp3) is 0.909. The molecule has 1 aliphatic rings. The number of aliphatic carboxylic acids is 1. The molecule has 0 aromatic carbocycles. The topological polar surface area (TPSA) is 57.5 Å². The predicted molar refractivity (Wildman–Crippen MR) is 54.0 cm³/mol. The highest BCUT2D eigenvalue weighted by atomic mass is 16.4. The first-order valence-electron chi connectivity index (χ1n) is 5.17. The van der Waals surface area contributed by atoms with Gasteiger partial charge >= 0.3 is 5.97 Å². The predicted octanol–water partition coefficient (Wildman–Crippen LogP) is 2.04. The van der Waals surface area contributed by atoms with Crippen LogP contribution in [0.2, 0.25) is 0 Å². The summed E-state index contributed by atoms with van der Waals surface area (Å²) in [6, 6.07) is 0. The molecular weight excluding hydrogens is 180 g/mol. The summed E-state index contributed by atoms with van der Waals surface area (Å²) in [6.07, 6.45) is 2.15. The summed E-state index contributed by atoms with van der Waals surface area (Å²) >= 11 is 0. The standard InChI is InChI=1S/C11H20O3/c1-8-4-10(2,3)7-11(14,5-8)6-9(12)13/h8,14H,4-7H2,1-3H3,(H,12,13). The van der Waals surface area contributed by atoms with Gasteiger partial charge in [0.1, 0.15) is 0 Å². The van der Waals surface area contributed by atoms with E-state index in [1.54, 1.807) is 0 Å². The molecule has 1 fully saturated rings. The Morgan fingerprint density at radius 3 is 2.43 bits per heavy atom. The summed E-state index contributed by atoms with van der Waals surface area (Å²) in [7, 11) is 0. The largest absolute Gasteiger partial charge is 0.481 e. The smallest absolute Gasteiger partial charge is 0.306 e. The molecule has 0 amide bonds. The third-order valence-corrected chi connectivity index (χ3v) is 2.92. The van der Waals surface area contributed by atoms with Gasteiger partial charge in [0.15, 0.2) is 0 Å². The first-order valence-corrected chi connectivity index (χ1v) is 5.17. The van der Waals surface area contributed by atoms with Gasteiger partial charge in [-0.05, 0) is 30.6 Å². The third-order valence-electron chi connectivity index (χ3n) is 2.92. The quantitative estimate of drug-likeness (QED) is 0.717. The van der Waals surface area contributed by atoms with Crippen molar-refractivity contribution in [2.75, 3.05) is 0 Å². The number of hydrogen-bond donors (Lipinski definition) is 2. The van der Waals surface area contributed by atoms with E-state index in [2.05, 4.69) is 20.8 Å². The lowest BCUT2D eigenvalue weighted by Crippen LogP contribution is -2.43. The van der Waals surface area contributed by atoms with E-state index >= 15 is 0 Å². The molecule has 0 aromatic heterocycles. The molecular formula is C11H20O3. The zero-order valence-electron chi connectivity index (χ0n) is 9.21. The van der Waals surface area contributed by atoms with Crippen molar-refractivity contribution in [1.29, 1.82) is 0 Å². The van der Waals surface area contributed by atoms with Crippen molar-refractivity contribution in [3.63, 3.8) is 0 Å². The Bertz CT molecular complexity index is 235. The van der Waals surface area contributed by atoms with Gasteiger partial charge in [-0.25, -0.2) is 0 Å². The summed E-state index contributed by atoms with van der Waals surface area (Å²) < 4.78 is 0. The minimum absolute atomic E-state index is 0.0574. The summed E-state index contributed by atoms with van der Waals surface area (Å²) in [5.41, 5.74) is -0.936. The van der Waals surface area contributed by atoms with Crippen molar-refractivity contribution in [2.45, 2.75) is 52.1 Å². The van der Waals surface area contributed by atoms with Crippen LogP contribution < -0.4 is 0 Å². The van der Waals surface area contributed by atoms with Gasteiger partial charge in [-0.1, -0.05) is 20.8 Å². The highest BCUT2D eigenvalue weighted by molar-refractivity contribution is 5.68. The molecule has 1 aliphatic carbocycles. The molecule has 2 N–H and O–H groups in total. The van der Waals surface area contributed by atoms with E-state index in [0.717, 1.165) is 6.42 Å². The van der Waals surface area contributed by atoms with Crippen molar-refractivity contribution < 1.29 is 15.0 Å². The van der Waals surface area contributed by atoms with Crippen molar-refractivity contribution >= 4 is 5.97 Å². The van der Waals surface area contributed by atoms with Crippen molar-refractivity contribution in [1.82, 2.24) is 0 Å². The lowest BCUT2D eigenvalue weighted by atomic mass is 9.65. The van der Waals surface area contributed by atoms with Crippen LogP contribution in [0, 0.1) is 11.3 Å². The van der Waals surface area contributed by atoms with Crippen LogP contribution >= 0.6 is 0 Å². The second-order valence-electron chi connectivity index (χ2n) is 5.65. The van der Waals surface area contributed by atoms with E-state index in [1.807, 2.05) is 0 Å². The van der Waals surface area contributed by atoms with Crippen LogP contribution in [0.25, 0.3) is 0 Å². The van der Waals surface area contributed by atoms with E-state index in [4.69, 9.17) is 5.11 Å². The number of hydrogen-bond acceptors (Lipinski definition) is 2. The Kier molecular flexibility index (Phi) is 2.91. The van der Waals surface area contributed by atoms with Gasteiger partial charge < -0.3 is 10.2 Å². The fourth-order valence-corrected chi connectivity index (χ4v) is 3.12. The van der Waals surface area contributed by atoms with Gasteiger partial charge in [-0.15, -0.1) is 0 Å². The molecule has 0 aromatic rings. The van der Waals surface area contributed by atoms with Gasteiger partial charge in [-0.3, -0.25) is 4.79 Å². The van der Waals surface area contributed by atoms with E-state index in [-0.39, 0.29) is 11.8 Å². The normalized spacial score (nSPS) is 36.7. The molecule has 0 heterocycles. The first-order chi connectivity index (χ1) is 6.22. The Morgan fingerprint density at radius 2 is 2.00 bits per heavy atom. The monoisotopic (exact) mass is 200 g/mol. The molecule has 0 aliphatic heterocycles. The molecule has 1 rings (SSSR count). The van der Waals surface area contributed by atoms with Crippen LogP contribution in [-0.4, -0.2) is 21.8 Å². The summed E-state index contributed by atoms with van der Waals surface area (Å²) in [5, 5.41) is 18.9. The van der Waals surface area contributed by atoms with Crippen LogP contribution in [0.3, 0.4) is 0 Å². The Balaban J connectivity index is 2.73. The molecule has 0 bridgehead atoms. The van der Waals surface area contributed by atoms with Crippen LogP contribution in [0.15, 0.2) is 0 Å². The van der Waals surface area contributed by atoms with Gasteiger partial charge in [0.2, 0.25) is 0 Å². The lowest BCUT2D eigenvalue weighted by Gasteiger charge is -2.44. The highest BCUT2D eigenvalue weighted by Gasteiger charge is 2.42. The van der Waals surface area contributed by atoms with E-state index < -0.39 is 11.6 Å². The molecule has 2 atom stereocenters. The number of carbonyl (C=O) groups is 1. The fourth-order valence-electron chi connectivity index (χ4n) is 3.12. The van der Waals surface area contributed by atoms with E-state index in [1.165, 1.54) is 0 Å². The lowest BCUT2D eigenvalue weighted by molar-refractivity contribution is -0.147. The SMILES string of the molecule is CC1CC(C)(C)CC(O)(CC(=O)O)C1.